The molecule has 4 aromatic heterocycles. The summed E-state index contributed by atoms with van der Waals surface area (Å²) < 4.78 is 21.0. The molecule has 0 aliphatic carbocycles. The molecule has 1 unspecified atom stereocenters. The second-order valence-electron chi connectivity index (χ2n) is 9.24. The number of halogens is 1. The van der Waals surface area contributed by atoms with Gasteiger partial charge in [0.15, 0.2) is 11.5 Å². The molecule has 5 heterocycles. The maximum absolute atomic E-state index is 6.45. The summed E-state index contributed by atoms with van der Waals surface area (Å²) in [4.78, 5) is 13.9. The maximum Gasteiger partial charge on any atom is 0.230 e. The molecule has 0 saturated carbocycles. The molecule has 0 spiro atoms. The molecule has 10 nitrogen and oxygen atoms in total. The van der Waals surface area contributed by atoms with E-state index in [1.165, 1.54) is 0 Å². The van der Waals surface area contributed by atoms with Crippen LogP contribution in [0, 0.1) is 6.92 Å². The van der Waals surface area contributed by atoms with Crippen molar-refractivity contribution in [3.05, 3.63) is 113 Å². The van der Waals surface area contributed by atoms with Gasteiger partial charge in [-0.25, -0.2) is 19.2 Å². The number of pyridine rings is 1. The maximum atomic E-state index is 6.45. The summed E-state index contributed by atoms with van der Waals surface area (Å²) in [5.74, 6) is 2.65. The van der Waals surface area contributed by atoms with Crippen LogP contribution in [-0.4, -0.2) is 41.5 Å². The molecular weight excluding hydrogens is 530 g/mol. The Morgan fingerprint density at radius 2 is 1.85 bits per heavy atom. The summed E-state index contributed by atoms with van der Waals surface area (Å²) in [7, 11) is 1.63. The lowest BCUT2D eigenvalue weighted by molar-refractivity contribution is 0.295. The van der Waals surface area contributed by atoms with Crippen molar-refractivity contribution >= 4 is 17.2 Å². The van der Waals surface area contributed by atoms with Crippen molar-refractivity contribution in [1.29, 1.82) is 0 Å². The number of aryl methyl sites for hydroxylation is 1. The van der Waals surface area contributed by atoms with E-state index < -0.39 is 0 Å². The van der Waals surface area contributed by atoms with Crippen LogP contribution < -0.4 is 14.2 Å². The number of hydrogen-bond donors (Lipinski definition) is 0. The Bertz CT molecular complexity index is 1850. The van der Waals surface area contributed by atoms with Crippen molar-refractivity contribution in [2.75, 3.05) is 7.11 Å². The number of methoxy groups -OCH3 is 1. The van der Waals surface area contributed by atoms with Crippen molar-refractivity contribution in [1.82, 2.24) is 34.3 Å². The summed E-state index contributed by atoms with van der Waals surface area (Å²) in [6.07, 6.45) is 5.18. The van der Waals surface area contributed by atoms with E-state index in [9.17, 15) is 0 Å². The van der Waals surface area contributed by atoms with Gasteiger partial charge >= 0.3 is 0 Å². The lowest BCUT2D eigenvalue weighted by Gasteiger charge is -2.26. The normalized spacial score (nSPS) is 13.9. The van der Waals surface area contributed by atoms with Crippen LogP contribution in [0.1, 0.15) is 34.1 Å². The number of aromatic nitrogens is 7. The van der Waals surface area contributed by atoms with Crippen LogP contribution in [-0.2, 0) is 6.61 Å². The van der Waals surface area contributed by atoms with Crippen molar-refractivity contribution in [3.63, 3.8) is 0 Å². The standard InChI is InChI=1S/C29H22ClN7O3/c1-17-24-25(18-5-4-12-31-14-18)26-27-33-23(15-39-22-10-8-21(38-2)9-11-22)35-36(27)16-32-28(26)40-29(24)37(34-17)20-7-3-6-19(30)13-20/h3-14,16,25H,15H2,1-2H3. The number of benzene rings is 2. The molecule has 1 aliphatic rings. The predicted molar refractivity (Wildman–Crippen MR) is 147 cm³/mol. The quantitative estimate of drug-likeness (QED) is 0.265. The van der Waals surface area contributed by atoms with E-state index in [0.717, 1.165) is 33.8 Å². The molecule has 0 saturated heterocycles. The van der Waals surface area contributed by atoms with Crippen LogP contribution in [0.5, 0.6) is 23.3 Å². The Morgan fingerprint density at radius 1 is 1.00 bits per heavy atom. The summed E-state index contributed by atoms with van der Waals surface area (Å²) in [5, 5.41) is 10.1. The van der Waals surface area contributed by atoms with Crippen molar-refractivity contribution in [3.8, 4) is 28.9 Å². The molecule has 0 fully saturated rings. The minimum absolute atomic E-state index is 0.179. The van der Waals surface area contributed by atoms with E-state index >= 15 is 0 Å². The molecule has 2 aromatic carbocycles. The van der Waals surface area contributed by atoms with Gasteiger partial charge in [0, 0.05) is 17.4 Å². The van der Waals surface area contributed by atoms with Crippen LogP contribution in [0.15, 0.2) is 79.4 Å². The van der Waals surface area contributed by atoms with Crippen LogP contribution in [0.3, 0.4) is 0 Å². The highest BCUT2D eigenvalue weighted by Gasteiger charge is 2.38. The molecule has 0 N–H and O–H groups in total. The van der Waals surface area contributed by atoms with E-state index in [1.807, 2.05) is 73.8 Å². The van der Waals surface area contributed by atoms with Crippen LogP contribution in [0.4, 0.5) is 0 Å². The van der Waals surface area contributed by atoms with Gasteiger partial charge in [-0.2, -0.15) is 5.10 Å². The van der Waals surface area contributed by atoms with Gasteiger partial charge in [0.2, 0.25) is 11.8 Å². The number of fused-ring (bicyclic) bond motifs is 4. The molecule has 40 heavy (non-hydrogen) atoms. The van der Waals surface area contributed by atoms with E-state index in [0.29, 0.717) is 34.0 Å². The molecule has 198 valence electrons. The van der Waals surface area contributed by atoms with E-state index in [4.69, 9.17) is 35.9 Å². The third-order valence-electron chi connectivity index (χ3n) is 6.76. The topological polar surface area (TPSA) is 101 Å². The Kier molecular flexibility index (Phi) is 5.82. The average Bonchev–Trinajstić information content (AvgIpc) is 3.56. The number of ether oxygens (including phenoxy) is 3. The first-order valence-electron chi connectivity index (χ1n) is 12.5. The highest BCUT2D eigenvalue weighted by atomic mass is 35.5. The van der Waals surface area contributed by atoms with Crippen molar-refractivity contribution in [2.24, 2.45) is 0 Å². The fourth-order valence-electron chi connectivity index (χ4n) is 4.97. The monoisotopic (exact) mass is 551 g/mol. The van der Waals surface area contributed by atoms with Gasteiger partial charge < -0.3 is 14.2 Å². The minimum Gasteiger partial charge on any atom is -0.497 e. The lowest BCUT2D eigenvalue weighted by atomic mass is 9.85. The smallest absolute Gasteiger partial charge is 0.230 e. The largest absolute Gasteiger partial charge is 0.497 e. The molecule has 0 radical (unpaired) electrons. The molecule has 7 rings (SSSR count). The van der Waals surface area contributed by atoms with Gasteiger partial charge in [0.05, 0.1) is 35.5 Å². The van der Waals surface area contributed by atoms with Gasteiger partial charge in [-0.15, -0.1) is 5.10 Å². The fraction of sp³-hybridized carbons (Fsp3) is 0.138. The second kappa shape index (κ2) is 9.65. The number of rotatable bonds is 6. The third kappa shape index (κ3) is 4.09. The SMILES string of the molecule is COc1ccc(OCc2nc3c4c(ncn3n2)Oc2c(c(C)nn2-c2cccc(Cl)c2)C4c2cccnc2)cc1. The molecule has 0 amide bonds. The lowest BCUT2D eigenvalue weighted by Crippen LogP contribution is -2.16. The van der Waals surface area contributed by atoms with Crippen LogP contribution >= 0.6 is 11.6 Å². The van der Waals surface area contributed by atoms with Gasteiger partial charge in [0.1, 0.15) is 24.4 Å². The van der Waals surface area contributed by atoms with Crippen molar-refractivity contribution < 1.29 is 14.2 Å². The van der Waals surface area contributed by atoms with E-state index in [-0.39, 0.29) is 12.5 Å². The molecular formula is C29H22ClN7O3. The Labute approximate surface area is 233 Å². The summed E-state index contributed by atoms with van der Waals surface area (Å²) in [5.41, 5.74) is 4.84. The highest BCUT2D eigenvalue weighted by Crippen LogP contribution is 2.49. The fourth-order valence-corrected chi connectivity index (χ4v) is 5.15. The van der Waals surface area contributed by atoms with Crippen LogP contribution in [0.25, 0.3) is 11.3 Å². The molecule has 1 aliphatic heterocycles. The van der Waals surface area contributed by atoms with Gasteiger partial charge in [-0.3, -0.25) is 4.98 Å². The number of nitrogens with zero attached hydrogens (tertiary/aromatic N) is 7. The zero-order chi connectivity index (χ0) is 27.2. The second-order valence-corrected chi connectivity index (χ2v) is 9.68. The predicted octanol–water partition coefficient (Wildman–Crippen LogP) is 5.54. The molecule has 6 aromatic rings. The van der Waals surface area contributed by atoms with E-state index in [1.54, 1.807) is 28.8 Å². The zero-order valence-corrected chi connectivity index (χ0v) is 22.3. The zero-order valence-electron chi connectivity index (χ0n) is 21.5. The Hall–Kier alpha value is -4.96. The third-order valence-corrected chi connectivity index (χ3v) is 7.00. The van der Waals surface area contributed by atoms with Gasteiger partial charge in [-0.1, -0.05) is 23.7 Å². The Balaban J connectivity index is 1.33. The molecule has 1 atom stereocenters. The first kappa shape index (κ1) is 24.1. The van der Waals surface area contributed by atoms with E-state index in [2.05, 4.69) is 15.1 Å². The minimum atomic E-state index is -0.295. The summed E-state index contributed by atoms with van der Waals surface area (Å²) >= 11 is 6.30. The van der Waals surface area contributed by atoms with Crippen LogP contribution in [0.2, 0.25) is 5.02 Å². The molecule has 11 heteroatoms. The van der Waals surface area contributed by atoms with Gasteiger partial charge in [0.25, 0.3) is 0 Å². The first-order valence-corrected chi connectivity index (χ1v) is 12.9. The number of hydrogen-bond acceptors (Lipinski definition) is 8. The summed E-state index contributed by atoms with van der Waals surface area (Å²) in [6.45, 7) is 2.14. The highest BCUT2D eigenvalue weighted by molar-refractivity contribution is 6.30. The first-order chi connectivity index (χ1) is 19.6. The Morgan fingerprint density at radius 3 is 2.62 bits per heavy atom. The van der Waals surface area contributed by atoms with Crippen molar-refractivity contribution in [2.45, 2.75) is 19.4 Å². The average molecular weight is 552 g/mol. The summed E-state index contributed by atoms with van der Waals surface area (Å²) in [6, 6.07) is 18.8. The molecule has 0 bridgehead atoms. The van der Waals surface area contributed by atoms with Gasteiger partial charge in [-0.05, 0) is 61.0 Å².